The maximum Gasteiger partial charge on any atom is 0.407 e. The Labute approximate surface area is 138 Å². The first-order valence-electron chi connectivity index (χ1n) is 6.67. The summed E-state index contributed by atoms with van der Waals surface area (Å²) in [6.45, 7) is 5.74. The average molecular weight is 368 g/mol. The van der Waals surface area contributed by atoms with Crippen LogP contribution < -0.4 is 5.32 Å². The molecule has 1 rings (SSSR count). The highest BCUT2D eigenvalue weighted by atomic mass is 79.9. The van der Waals surface area contributed by atoms with Crippen LogP contribution in [-0.4, -0.2) is 29.3 Å². The van der Waals surface area contributed by atoms with Crippen LogP contribution in [0.25, 0.3) is 0 Å². The molecule has 6 heteroatoms. The van der Waals surface area contributed by atoms with Gasteiger partial charge in [-0.05, 0) is 39.0 Å². The second kappa shape index (κ2) is 7.85. The number of hydrogen-bond donors (Lipinski definition) is 2. The summed E-state index contributed by atoms with van der Waals surface area (Å²) >= 11 is 3.25. The van der Waals surface area contributed by atoms with Crippen molar-refractivity contribution < 1.29 is 19.4 Å². The first-order valence-corrected chi connectivity index (χ1v) is 7.46. The fourth-order valence-electron chi connectivity index (χ4n) is 1.49. The lowest BCUT2D eigenvalue weighted by Gasteiger charge is -2.19. The fourth-order valence-corrected chi connectivity index (χ4v) is 1.98. The lowest BCUT2D eigenvalue weighted by molar-refractivity contribution is 0.0528. The molecule has 0 atom stereocenters. The van der Waals surface area contributed by atoms with E-state index < -0.39 is 17.7 Å². The third kappa shape index (κ3) is 7.14. The Bertz CT molecular complexity index is 623. The third-order valence-electron chi connectivity index (χ3n) is 2.30. The molecule has 1 aromatic rings. The molecule has 0 heterocycles. The molecule has 5 nitrogen and oxygen atoms in total. The molecule has 0 aliphatic rings. The zero-order valence-electron chi connectivity index (χ0n) is 12.7. The Morgan fingerprint density at radius 3 is 2.59 bits per heavy atom. The van der Waals surface area contributed by atoms with E-state index in [4.69, 9.17) is 9.84 Å². The molecule has 2 N–H and O–H groups in total. The summed E-state index contributed by atoms with van der Waals surface area (Å²) in [6, 6.07) is 4.75. The molecule has 0 radical (unpaired) electrons. The van der Waals surface area contributed by atoms with Gasteiger partial charge in [0.2, 0.25) is 0 Å². The zero-order chi connectivity index (χ0) is 16.8. The van der Waals surface area contributed by atoms with Gasteiger partial charge in [0.1, 0.15) is 5.60 Å². The van der Waals surface area contributed by atoms with Crippen LogP contribution in [0.5, 0.6) is 0 Å². The first kappa shape index (κ1) is 18.1. The number of halogens is 1. The van der Waals surface area contributed by atoms with E-state index in [9.17, 15) is 9.59 Å². The highest BCUT2D eigenvalue weighted by Crippen LogP contribution is 2.15. The molecule has 22 heavy (non-hydrogen) atoms. The van der Waals surface area contributed by atoms with E-state index in [0.717, 1.165) is 0 Å². The van der Waals surface area contributed by atoms with Crippen molar-refractivity contribution in [1.82, 2.24) is 5.32 Å². The van der Waals surface area contributed by atoms with E-state index in [2.05, 4.69) is 33.1 Å². The molecule has 0 unspecified atom stereocenters. The van der Waals surface area contributed by atoms with Crippen LogP contribution in [0, 0.1) is 11.8 Å². The monoisotopic (exact) mass is 367 g/mol. The Morgan fingerprint density at radius 2 is 2.00 bits per heavy atom. The van der Waals surface area contributed by atoms with E-state index in [1.54, 1.807) is 26.8 Å². The van der Waals surface area contributed by atoms with Crippen molar-refractivity contribution in [3.05, 3.63) is 33.8 Å². The number of hydrogen-bond acceptors (Lipinski definition) is 3. The molecule has 0 fully saturated rings. The predicted molar refractivity (Wildman–Crippen MR) is 86.8 cm³/mol. The van der Waals surface area contributed by atoms with Crippen molar-refractivity contribution in [2.75, 3.05) is 6.54 Å². The molecule has 1 aromatic carbocycles. The molecule has 0 saturated heterocycles. The van der Waals surface area contributed by atoms with E-state index in [1.807, 2.05) is 0 Å². The van der Waals surface area contributed by atoms with Gasteiger partial charge >= 0.3 is 12.1 Å². The summed E-state index contributed by atoms with van der Waals surface area (Å²) in [6.07, 6.45) is -0.0429. The average Bonchev–Trinajstić information content (AvgIpc) is 2.35. The van der Waals surface area contributed by atoms with Crippen LogP contribution in [0.1, 0.15) is 43.1 Å². The van der Waals surface area contributed by atoms with Crippen LogP contribution in [0.15, 0.2) is 22.7 Å². The summed E-state index contributed by atoms with van der Waals surface area (Å²) in [7, 11) is 0. The minimum atomic E-state index is -1.00. The van der Waals surface area contributed by atoms with Crippen molar-refractivity contribution in [3.63, 3.8) is 0 Å². The van der Waals surface area contributed by atoms with Gasteiger partial charge in [-0.15, -0.1) is 0 Å². The lowest BCUT2D eigenvalue weighted by atomic mass is 10.1. The summed E-state index contributed by atoms with van der Waals surface area (Å²) in [5.74, 6) is 4.74. The zero-order valence-corrected chi connectivity index (χ0v) is 14.3. The Kier molecular flexibility index (Phi) is 6.44. The van der Waals surface area contributed by atoms with Gasteiger partial charge in [-0.1, -0.05) is 27.8 Å². The second-order valence-electron chi connectivity index (χ2n) is 5.51. The number of carboxylic acid groups (broad SMARTS) is 1. The number of nitrogens with one attached hydrogen (secondary N) is 1. The normalized spacial score (nSPS) is 10.4. The summed E-state index contributed by atoms with van der Waals surface area (Å²) < 4.78 is 5.75. The van der Waals surface area contributed by atoms with Gasteiger partial charge in [0.25, 0.3) is 0 Å². The molecule has 0 bridgehead atoms. The molecule has 118 valence electrons. The first-order chi connectivity index (χ1) is 10.2. The van der Waals surface area contributed by atoms with E-state index >= 15 is 0 Å². The van der Waals surface area contributed by atoms with E-state index in [1.165, 1.54) is 12.1 Å². The fraction of sp³-hybridized carbons (Fsp3) is 0.375. The molecule has 0 spiro atoms. The van der Waals surface area contributed by atoms with Crippen molar-refractivity contribution in [3.8, 4) is 11.8 Å². The number of carbonyl (C=O) groups is 2. The topological polar surface area (TPSA) is 75.6 Å². The van der Waals surface area contributed by atoms with Gasteiger partial charge in [0, 0.05) is 23.0 Å². The van der Waals surface area contributed by atoms with Crippen molar-refractivity contribution in [2.24, 2.45) is 0 Å². The molecule has 0 aliphatic heterocycles. The van der Waals surface area contributed by atoms with Crippen molar-refractivity contribution in [2.45, 2.75) is 32.8 Å². The minimum absolute atomic E-state index is 0.172. The number of amides is 1. The van der Waals surface area contributed by atoms with Gasteiger partial charge in [0.15, 0.2) is 0 Å². The maximum absolute atomic E-state index is 11.4. The van der Waals surface area contributed by atoms with Crippen molar-refractivity contribution >= 4 is 28.0 Å². The smallest absolute Gasteiger partial charge is 0.407 e. The van der Waals surface area contributed by atoms with Gasteiger partial charge < -0.3 is 15.2 Å². The van der Waals surface area contributed by atoms with Crippen LogP contribution in [0.2, 0.25) is 0 Å². The van der Waals surface area contributed by atoms with Crippen LogP contribution in [-0.2, 0) is 4.74 Å². The predicted octanol–water partition coefficient (Wildman–Crippen LogP) is 3.41. The molecular weight excluding hydrogens is 350 g/mol. The van der Waals surface area contributed by atoms with Gasteiger partial charge in [-0.2, -0.15) is 0 Å². The number of rotatable bonds is 3. The van der Waals surface area contributed by atoms with E-state index in [-0.39, 0.29) is 5.56 Å². The maximum atomic E-state index is 11.4. The van der Waals surface area contributed by atoms with Gasteiger partial charge in [-0.3, -0.25) is 0 Å². The Balaban J connectivity index is 2.52. The second-order valence-corrected chi connectivity index (χ2v) is 6.43. The third-order valence-corrected chi connectivity index (χ3v) is 2.75. The highest BCUT2D eigenvalue weighted by molar-refractivity contribution is 9.10. The highest BCUT2D eigenvalue weighted by Gasteiger charge is 2.15. The summed E-state index contributed by atoms with van der Waals surface area (Å²) in [5, 5.41) is 11.6. The van der Waals surface area contributed by atoms with Gasteiger partial charge in [-0.25, -0.2) is 9.59 Å². The molecule has 0 aromatic heterocycles. The molecular formula is C16H18BrNO4. The van der Waals surface area contributed by atoms with Crippen LogP contribution in [0.4, 0.5) is 4.79 Å². The Hall–Kier alpha value is -2.00. The summed E-state index contributed by atoms with van der Waals surface area (Å²) in [5.41, 5.74) is 0.244. The van der Waals surface area contributed by atoms with Crippen LogP contribution in [0.3, 0.4) is 0 Å². The molecule has 0 aliphatic carbocycles. The Morgan fingerprint density at radius 1 is 1.32 bits per heavy atom. The number of ether oxygens (including phenoxy) is 1. The number of carboxylic acids is 1. The largest absolute Gasteiger partial charge is 0.478 e. The molecule has 1 amide bonds. The SMILES string of the molecule is CC(C)(C)OC(=O)NCCC#Cc1cc(Br)cc(C(=O)O)c1. The number of carbonyl (C=O) groups excluding carboxylic acids is 1. The molecule has 0 saturated carbocycles. The standard InChI is InChI=1S/C16H18BrNO4/c1-16(2,3)22-15(21)18-7-5-4-6-11-8-12(14(19)20)10-13(17)9-11/h8-10H,5,7H2,1-3H3,(H,18,21)(H,19,20). The van der Waals surface area contributed by atoms with Gasteiger partial charge in [0.05, 0.1) is 5.56 Å². The van der Waals surface area contributed by atoms with E-state index in [0.29, 0.717) is 23.0 Å². The minimum Gasteiger partial charge on any atom is -0.478 e. The van der Waals surface area contributed by atoms with Crippen LogP contribution >= 0.6 is 15.9 Å². The number of benzene rings is 1. The van der Waals surface area contributed by atoms with Crippen molar-refractivity contribution in [1.29, 1.82) is 0 Å². The number of alkyl carbamates (subject to hydrolysis) is 1. The quantitative estimate of drug-likeness (QED) is 0.633. The number of aromatic carboxylic acids is 1. The summed E-state index contributed by atoms with van der Waals surface area (Å²) in [4.78, 5) is 22.3. The lowest BCUT2D eigenvalue weighted by Crippen LogP contribution is -2.32.